The molecule has 4 rings (SSSR count). The number of nitrogens with one attached hydrogen (secondary N) is 5. The molecule has 0 aliphatic heterocycles. The smallest absolute Gasteiger partial charge is 0.251 e. The van der Waals surface area contributed by atoms with Crippen molar-refractivity contribution >= 4 is 41.0 Å². The van der Waals surface area contributed by atoms with E-state index >= 15 is 0 Å². The maximum atomic E-state index is 12.5. The minimum atomic E-state index is -0.213. The number of methoxy groups -OCH3 is 1. The highest BCUT2D eigenvalue weighted by Gasteiger charge is 2.10. The van der Waals surface area contributed by atoms with Crippen LogP contribution in [0.4, 0.5) is 29.2 Å². The van der Waals surface area contributed by atoms with Crippen LogP contribution in [-0.2, 0) is 18.9 Å². The number of ether oxygens (including phenoxy) is 4. The van der Waals surface area contributed by atoms with Crippen LogP contribution in [0.5, 0.6) is 5.75 Å². The third kappa shape index (κ3) is 13.7. The van der Waals surface area contributed by atoms with Gasteiger partial charge in [0.2, 0.25) is 17.8 Å². The standard InChI is InChI=1S/C34H42N8O7/c1-46-21-22-47-18-15-36-31(45)26-7-9-27(10-8-26)38-33-40-32(41-34(42-33)39-28-11-13-29(43)14-12-28)37-17-20-49-24-23-48-19-16-35-30(44)25-5-3-2-4-6-25/h2-14,43H,15-24H2,1H3,(H,35,44)(H,36,45)(H3,37,38,39,40,41,42). The molecule has 0 radical (unpaired) electrons. The molecule has 0 fully saturated rings. The summed E-state index contributed by atoms with van der Waals surface area (Å²) in [7, 11) is 1.60. The Labute approximate surface area is 284 Å². The monoisotopic (exact) mass is 674 g/mol. The maximum Gasteiger partial charge on any atom is 0.251 e. The Balaban J connectivity index is 1.23. The van der Waals surface area contributed by atoms with Crippen molar-refractivity contribution in [1.29, 1.82) is 0 Å². The van der Waals surface area contributed by atoms with E-state index in [0.717, 1.165) is 0 Å². The summed E-state index contributed by atoms with van der Waals surface area (Å²) in [6, 6.07) is 22.4. The molecule has 15 heteroatoms. The Kier molecular flexibility index (Phi) is 15.5. The van der Waals surface area contributed by atoms with Crippen molar-refractivity contribution in [3.63, 3.8) is 0 Å². The lowest BCUT2D eigenvalue weighted by Crippen LogP contribution is -2.27. The number of aromatic hydroxyl groups is 1. The van der Waals surface area contributed by atoms with Gasteiger partial charge in [0.1, 0.15) is 5.75 Å². The van der Waals surface area contributed by atoms with E-state index in [-0.39, 0.29) is 29.5 Å². The van der Waals surface area contributed by atoms with Gasteiger partial charge in [-0.3, -0.25) is 9.59 Å². The number of nitrogens with zero attached hydrogens (tertiary/aromatic N) is 3. The third-order valence-corrected chi connectivity index (χ3v) is 6.60. The fourth-order valence-corrected chi connectivity index (χ4v) is 4.14. The van der Waals surface area contributed by atoms with Crippen LogP contribution in [0.1, 0.15) is 20.7 Å². The zero-order valence-corrected chi connectivity index (χ0v) is 27.3. The highest BCUT2D eigenvalue weighted by Crippen LogP contribution is 2.20. The second kappa shape index (κ2) is 20.8. The number of carbonyl (C=O) groups excluding carboxylic acids is 2. The molecule has 6 N–H and O–H groups in total. The van der Waals surface area contributed by atoms with E-state index in [9.17, 15) is 14.7 Å². The summed E-state index contributed by atoms with van der Waals surface area (Å²) < 4.78 is 21.5. The van der Waals surface area contributed by atoms with Gasteiger partial charge in [-0.05, 0) is 60.7 Å². The molecular formula is C34H42N8O7. The van der Waals surface area contributed by atoms with Gasteiger partial charge in [0.15, 0.2) is 0 Å². The van der Waals surface area contributed by atoms with E-state index in [4.69, 9.17) is 18.9 Å². The molecular weight excluding hydrogens is 632 g/mol. The zero-order chi connectivity index (χ0) is 34.5. The van der Waals surface area contributed by atoms with Gasteiger partial charge in [-0.15, -0.1) is 0 Å². The molecule has 0 saturated heterocycles. The van der Waals surface area contributed by atoms with E-state index in [1.165, 1.54) is 0 Å². The first kappa shape index (κ1) is 36.5. The molecule has 0 spiro atoms. The van der Waals surface area contributed by atoms with Crippen molar-refractivity contribution < 1.29 is 33.6 Å². The molecule has 4 aromatic rings. The average Bonchev–Trinajstić information content (AvgIpc) is 3.12. The molecule has 0 bridgehead atoms. The van der Waals surface area contributed by atoms with Crippen molar-refractivity contribution in [3.8, 4) is 5.75 Å². The molecule has 0 saturated carbocycles. The van der Waals surface area contributed by atoms with Gasteiger partial charge in [-0.2, -0.15) is 15.0 Å². The predicted molar refractivity (Wildman–Crippen MR) is 185 cm³/mol. The fourth-order valence-electron chi connectivity index (χ4n) is 4.14. The summed E-state index contributed by atoms with van der Waals surface area (Å²) in [5.41, 5.74) is 2.43. The molecule has 0 unspecified atom stereocenters. The number of carbonyl (C=O) groups is 2. The highest BCUT2D eigenvalue weighted by molar-refractivity contribution is 5.94. The van der Waals surface area contributed by atoms with Gasteiger partial charge in [-0.1, -0.05) is 18.2 Å². The zero-order valence-electron chi connectivity index (χ0n) is 27.3. The van der Waals surface area contributed by atoms with Gasteiger partial charge in [0, 0.05) is 49.2 Å². The lowest BCUT2D eigenvalue weighted by atomic mass is 10.2. The number of hydrogen-bond donors (Lipinski definition) is 6. The number of anilines is 5. The number of hydrogen-bond acceptors (Lipinski definition) is 13. The predicted octanol–water partition coefficient (Wildman–Crippen LogP) is 3.33. The summed E-state index contributed by atoms with van der Waals surface area (Å²) in [5, 5.41) is 24.7. The number of benzene rings is 3. The van der Waals surface area contributed by atoms with Crippen molar-refractivity contribution in [2.24, 2.45) is 0 Å². The summed E-state index contributed by atoms with van der Waals surface area (Å²) in [4.78, 5) is 37.9. The average molecular weight is 675 g/mol. The minimum absolute atomic E-state index is 0.138. The second-order valence-electron chi connectivity index (χ2n) is 10.3. The van der Waals surface area contributed by atoms with Crippen LogP contribution < -0.4 is 26.6 Å². The van der Waals surface area contributed by atoms with Crippen molar-refractivity contribution in [2.45, 2.75) is 0 Å². The maximum absolute atomic E-state index is 12.5. The Bertz CT molecular complexity index is 1560. The Hall–Kier alpha value is -5.35. The van der Waals surface area contributed by atoms with Gasteiger partial charge in [0.25, 0.3) is 11.8 Å². The van der Waals surface area contributed by atoms with Crippen LogP contribution in [0.15, 0.2) is 78.9 Å². The van der Waals surface area contributed by atoms with E-state index < -0.39 is 0 Å². The topological polar surface area (TPSA) is 190 Å². The van der Waals surface area contributed by atoms with Gasteiger partial charge >= 0.3 is 0 Å². The number of rotatable bonds is 22. The lowest BCUT2D eigenvalue weighted by molar-refractivity contribution is 0.0519. The van der Waals surface area contributed by atoms with E-state index in [0.29, 0.717) is 94.3 Å². The summed E-state index contributed by atoms with van der Waals surface area (Å²) in [6.45, 7) is 4.06. The number of aromatic nitrogens is 3. The van der Waals surface area contributed by atoms with Crippen LogP contribution >= 0.6 is 0 Å². The van der Waals surface area contributed by atoms with Crippen LogP contribution in [0.3, 0.4) is 0 Å². The summed E-state index contributed by atoms with van der Waals surface area (Å²) >= 11 is 0. The number of phenols is 1. The normalized spacial score (nSPS) is 10.7. The van der Waals surface area contributed by atoms with E-state index in [1.54, 1.807) is 67.8 Å². The lowest BCUT2D eigenvalue weighted by Gasteiger charge is -2.12. The SMILES string of the molecule is COCCOCCNC(=O)c1ccc(Nc2nc(NCCOCCOCCNC(=O)c3ccccc3)nc(Nc3ccc(O)cc3)n2)cc1. The molecule has 3 aromatic carbocycles. The van der Waals surface area contributed by atoms with Crippen LogP contribution in [0, 0.1) is 0 Å². The quantitative estimate of drug-likeness (QED) is 0.0526. The molecule has 0 atom stereocenters. The second-order valence-corrected chi connectivity index (χ2v) is 10.3. The van der Waals surface area contributed by atoms with Gasteiger partial charge in [-0.25, -0.2) is 0 Å². The largest absolute Gasteiger partial charge is 0.508 e. The fraction of sp³-hybridized carbons (Fsp3) is 0.324. The first-order valence-electron chi connectivity index (χ1n) is 15.8. The van der Waals surface area contributed by atoms with Crippen molar-refractivity contribution in [1.82, 2.24) is 25.6 Å². The van der Waals surface area contributed by atoms with Crippen LogP contribution in [0.2, 0.25) is 0 Å². The third-order valence-electron chi connectivity index (χ3n) is 6.60. The van der Waals surface area contributed by atoms with Crippen molar-refractivity contribution in [2.75, 3.05) is 88.9 Å². The van der Waals surface area contributed by atoms with E-state index in [1.807, 2.05) is 18.2 Å². The molecule has 15 nitrogen and oxygen atoms in total. The first-order valence-corrected chi connectivity index (χ1v) is 15.8. The van der Waals surface area contributed by atoms with Gasteiger partial charge < -0.3 is 50.6 Å². The van der Waals surface area contributed by atoms with Gasteiger partial charge in [0.05, 0.1) is 46.2 Å². The van der Waals surface area contributed by atoms with Crippen molar-refractivity contribution in [3.05, 3.63) is 90.0 Å². The number of amides is 2. The Morgan fingerprint density at radius 1 is 0.571 bits per heavy atom. The Morgan fingerprint density at radius 3 is 1.59 bits per heavy atom. The number of phenolic OH excluding ortho intramolecular Hbond substituents is 1. The molecule has 2 amide bonds. The highest BCUT2D eigenvalue weighted by atomic mass is 16.5. The summed E-state index contributed by atoms with van der Waals surface area (Å²) in [6.07, 6.45) is 0. The molecule has 1 aromatic heterocycles. The molecule has 49 heavy (non-hydrogen) atoms. The molecule has 1 heterocycles. The summed E-state index contributed by atoms with van der Waals surface area (Å²) in [5.74, 6) is 0.616. The molecule has 260 valence electrons. The first-order chi connectivity index (χ1) is 24.0. The van der Waals surface area contributed by atoms with E-state index in [2.05, 4.69) is 41.5 Å². The molecule has 0 aliphatic carbocycles. The molecule has 0 aliphatic rings. The van der Waals surface area contributed by atoms with Crippen LogP contribution in [-0.4, -0.2) is 105 Å². The Morgan fingerprint density at radius 2 is 1.04 bits per heavy atom. The minimum Gasteiger partial charge on any atom is -0.508 e. The van der Waals surface area contributed by atoms with Crippen LogP contribution in [0.25, 0.3) is 0 Å².